The molecule has 2 amide bonds. The summed E-state index contributed by atoms with van der Waals surface area (Å²) in [4.78, 5) is 32.1. The maximum Gasteiger partial charge on any atom is 0.274 e. The molecule has 0 unspecified atom stereocenters. The monoisotopic (exact) mass is 620 g/mol. The van der Waals surface area contributed by atoms with Crippen molar-refractivity contribution < 1.29 is 14.3 Å². The fourth-order valence-electron chi connectivity index (χ4n) is 6.17. The second kappa shape index (κ2) is 14.8. The summed E-state index contributed by atoms with van der Waals surface area (Å²) < 4.78 is 7.62. The van der Waals surface area contributed by atoms with E-state index in [2.05, 4.69) is 39.0 Å². The Labute approximate surface area is 274 Å². The summed E-state index contributed by atoms with van der Waals surface area (Å²) in [5, 5.41) is 4.84. The van der Waals surface area contributed by atoms with Crippen LogP contribution in [-0.2, 0) is 13.0 Å². The Morgan fingerprint density at radius 1 is 0.913 bits per heavy atom. The van der Waals surface area contributed by atoms with Gasteiger partial charge in [0.2, 0.25) is 0 Å². The molecule has 0 N–H and O–H groups in total. The number of carbonyl (C=O) groups is 2. The Hall–Kier alpha value is -4.39. The highest BCUT2D eigenvalue weighted by atomic mass is 16.5. The normalized spacial score (nSPS) is 14.3. The highest BCUT2D eigenvalue weighted by Gasteiger charge is 2.30. The molecule has 1 aromatic heterocycles. The average molecular weight is 621 g/mol. The first kappa shape index (κ1) is 33.0. The van der Waals surface area contributed by atoms with Crippen molar-refractivity contribution in [2.24, 2.45) is 0 Å². The van der Waals surface area contributed by atoms with Gasteiger partial charge in [-0.15, -0.1) is 0 Å². The molecule has 5 rings (SSSR count). The Bertz CT molecular complexity index is 1650. The summed E-state index contributed by atoms with van der Waals surface area (Å²) in [6.45, 7) is 14.3. The second-order valence-corrected chi connectivity index (χ2v) is 12.8. The van der Waals surface area contributed by atoms with E-state index in [4.69, 9.17) is 9.84 Å². The molecule has 0 radical (unpaired) electrons. The largest absolute Gasteiger partial charge is 0.491 e. The van der Waals surface area contributed by atoms with Crippen molar-refractivity contribution in [1.82, 2.24) is 19.6 Å². The van der Waals surface area contributed by atoms with E-state index in [-0.39, 0.29) is 24.0 Å². The molecule has 0 spiro atoms. The third-order valence-corrected chi connectivity index (χ3v) is 8.74. The topological polar surface area (TPSA) is 67.7 Å². The molecule has 7 heteroatoms. The van der Waals surface area contributed by atoms with Crippen molar-refractivity contribution in [3.63, 3.8) is 0 Å². The van der Waals surface area contributed by atoms with Crippen LogP contribution in [0.2, 0.25) is 0 Å². The number of carbonyl (C=O) groups excluding carboxylic acids is 2. The minimum absolute atomic E-state index is 0.0351. The van der Waals surface area contributed by atoms with Gasteiger partial charge in [-0.05, 0) is 99.5 Å². The van der Waals surface area contributed by atoms with Crippen molar-refractivity contribution >= 4 is 11.8 Å². The van der Waals surface area contributed by atoms with Crippen LogP contribution in [0, 0.1) is 6.92 Å². The molecule has 0 saturated heterocycles. The molecular weight excluding hydrogens is 572 g/mol. The van der Waals surface area contributed by atoms with Crippen molar-refractivity contribution in [2.75, 3.05) is 13.1 Å². The summed E-state index contributed by atoms with van der Waals surface area (Å²) in [7, 11) is 0. The first-order chi connectivity index (χ1) is 22.2. The van der Waals surface area contributed by atoms with E-state index in [1.54, 1.807) is 4.68 Å². The fraction of sp³-hybridized carbons (Fsp3) is 0.410. The molecule has 1 aliphatic heterocycles. The van der Waals surface area contributed by atoms with Gasteiger partial charge in [0.15, 0.2) is 5.69 Å². The minimum atomic E-state index is -0.0572. The van der Waals surface area contributed by atoms with Crippen LogP contribution >= 0.6 is 0 Å². The van der Waals surface area contributed by atoms with Gasteiger partial charge in [0.05, 0.1) is 17.4 Å². The summed E-state index contributed by atoms with van der Waals surface area (Å²) in [5.41, 5.74) is 6.84. The van der Waals surface area contributed by atoms with Gasteiger partial charge in [-0.25, -0.2) is 4.68 Å². The standard InChI is InChI=1S/C39H48N4O3/c1-7-9-21-41(22-10-8-2)39(45)36-24-29(6)43(40-36)37-20-17-32(30-15-18-34(19-16-30)46-27(3)4)25-35(37)38(44)42-26-33-14-12-11-13-31(33)23-28(42)5/h11-20,24-25,27-28H,7-10,21-23,26H2,1-6H3/t28-/m1/s1. The zero-order valence-electron chi connectivity index (χ0n) is 28.3. The first-order valence-corrected chi connectivity index (χ1v) is 16.8. The molecule has 1 aliphatic rings. The quantitative estimate of drug-likeness (QED) is 0.160. The van der Waals surface area contributed by atoms with Gasteiger partial charge in [0.1, 0.15) is 5.75 Å². The number of hydrogen-bond acceptors (Lipinski definition) is 4. The molecule has 0 bridgehead atoms. The average Bonchev–Trinajstić information content (AvgIpc) is 3.44. The SMILES string of the molecule is CCCCN(CCCC)C(=O)c1cc(C)n(-c2ccc(-c3ccc(OC(C)C)cc3)cc2C(=O)N2Cc3ccccc3C[C@H]2C)n1. The molecule has 1 atom stereocenters. The molecule has 242 valence electrons. The first-order valence-electron chi connectivity index (χ1n) is 16.8. The number of unbranched alkanes of at least 4 members (excludes halogenated alkanes) is 2. The molecule has 4 aromatic rings. The lowest BCUT2D eigenvalue weighted by atomic mass is 9.93. The van der Waals surface area contributed by atoms with E-state index in [1.165, 1.54) is 11.1 Å². The summed E-state index contributed by atoms with van der Waals surface area (Å²) in [6, 6.07) is 24.2. The Morgan fingerprint density at radius 3 is 2.22 bits per heavy atom. The minimum Gasteiger partial charge on any atom is -0.491 e. The van der Waals surface area contributed by atoms with Crippen molar-refractivity contribution in [2.45, 2.75) is 92.3 Å². The Balaban J connectivity index is 1.55. The number of amides is 2. The predicted octanol–water partition coefficient (Wildman–Crippen LogP) is 8.26. The Morgan fingerprint density at radius 2 is 1.57 bits per heavy atom. The van der Waals surface area contributed by atoms with Crippen LogP contribution < -0.4 is 4.74 Å². The molecule has 46 heavy (non-hydrogen) atoms. The zero-order valence-corrected chi connectivity index (χ0v) is 28.3. The lowest BCUT2D eigenvalue weighted by molar-refractivity contribution is 0.0658. The third-order valence-electron chi connectivity index (χ3n) is 8.74. The molecule has 0 saturated carbocycles. The number of hydrogen-bond donors (Lipinski definition) is 0. The van der Waals surface area contributed by atoms with Gasteiger partial charge < -0.3 is 14.5 Å². The van der Waals surface area contributed by atoms with Crippen LogP contribution in [0.25, 0.3) is 16.8 Å². The van der Waals surface area contributed by atoms with E-state index < -0.39 is 0 Å². The number of fused-ring (bicyclic) bond motifs is 1. The van der Waals surface area contributed by atoms with Gasteiger partial charge in [-0.1, -0.05) is 69.2 Å². The van der Waals surface area contributed by atoms with Crippen molar-refractivity contribution in [3.8, 4) is 22.6 Å². The lowest BCUT2D eigenvalue weighted by Crippen LogP contribution is -2.43. The molecular formula is C39H48N4O3. The number of nitrogens with zero attached hydrogens (tertiary/aromatic N) is 4. The second-order valence-electron chi connectivity index (χ2n) is 12.8. The van der Waals surface area contributed by atoms with E-state index >= 15 is 0 Å². The molecule has 3 aromatic carbocycles. The van der Waals surface area contributed by atoms with Crippen LogP contribution in [0.4, 0.5) is 0 Å². The highest BCUT2D eigenvalue weighted by molar-refractivity contribution is 5.99. The Kier molecular flexibility index (Phi) is 10.6. The number of ether oxygens (including phenoxy) is 1. The number of benzene rings is 3. The molecule has 0 fully saturated rings. The van der Waals surface area contributed by atoms with E-state index in [1.807, 2.05) is 85.2 Å². The van der Waals surface area contributed by atoms with E-state index in [9.17, 15) is 9.59 Å². The van der Waals surface area contributed by atoms with Crippen molar-refractivity contribution in [1.29, 1.82) is 0 Å². The predicted molar refractivity (Wildman–Crippen MR) is 185 cm³/mol. The molecule has 7 nitrogen and oxygen atoms in total. The smallest absolute Gasteiger partial charge is 0.274 e. The summed E-state index contributed by atoms with van der Waals surface area (Å²) in [6.07, 6.45) is 4.85. The van der Waals surface area contributed by atoms with Gasteiger partial charge in [0, 0.05) is 31.4 Å². The number of aromatic nitrogens is 2. The summed E-state index contributed by atoms with van der Waals surface area (Å²) >= 11 is 0. The zero-order chi connectivity index (χ0) is 32.8. The van der Waals surface area contributed by atoms with Gasteiger partial charge in [0.25, 0.3) is 11.8 Å². The van der Waals surface area contributed by atoms with Crippen molar-refractivity contribution in [3.05, 3.63) is 101 Å². The fourth-order valence-corrected chi connectivity index (χ4v) is 6.17. The van der Waals surface area contributed by atoms with E-state index in [0.29, 0.717) is 23.5 Å². The van der Waals surface area contributed by atoms with E-state index in [0.717, 1.165) is 67.8 Å². The van der Waals surface area contributed by atoms with Crippen LogP contribution in [-0.4, -0.2) is 56.6 Å². The lowest BCUT2D eigenvalue weighted by Gasteiger charge is -2.35. The maximum atomic E-state index is 14.6. The number of rotatable bonds is 12. The number of aryl methyl sites for hydroxylation is 1. The molecule has 2 heterocycles. The van der Waals surface area contributed by atoms with Crippen LogP contribution in [0.5, 0.6) is 5.75 Å². The van der Waals surface area contributed by atoms with Crippen LogP contribution in [0.1, 0.15) is 98.0 Å². The van der Waals surface area contributed by atoms with Crippen LogP contribution in [0.15, 0.2) is 72.8 Å². The maximum absolute atomic E-state index is 14.6. The summed E-state index contributed by atoms with van der Waals surface area (Å²) in [5.74, 6) is 0.705. The van der Waals surface area contributed by atoms with Gasteiger partial charge in [-0.2, -0.15) is 5.10 Å². The highest BCUT2D eigenvalue weighted by Crippen LogP contribution is 2.31. The van der Waals surface area contributed by atoms with Gasteiger partial charge >= 0.3 is 0 Å². The third kappa shape index (κ3) is 7.35. The van der Waals surface area contributed by atoms with Gasteiger partial charge in [-0.3, -0.25) is 9.59 Å². The van der Waals surface area contributed by atoms with Crippen LogP contribution in [0.3, 0.4) is 0 Å². The molecule has 0 aliphatic carbocycles.